The van der Waals surface area contributed by atoms with E-state index < -0.39 is 15.9 Å². The topological polar surface area (TPSA) is 123 Å². The fraction of sp³-hybridized carbons (Fsp3) is 0.318. The molecule has 3 N–H and O–H groups in total. The van der Waals surface area contributed by atoms with E-state index in [4.69, 9.17) is 5.26 Å². The molecule has 1 atom stereocenters. The Hall–Kier alpha value is -3.38. The minimum absolute atomic E-state index is 0.124. The summed E-state index contributed by atoms with van der Waals surface area (Å²) in [5, 5.41) is 14.6. The van der Waals surface area contributed by atoms with Gasteiger partial charge in [-0.3, -0.25) is 4.79 Å². The number of hydrogen-bond acceptors (Lipinski definition) is 5. The van der Waals surface area contributed by atoms with Crippen molar-refractivity contribution in [2.75, 3.05) is 10.6 Å². The molecule has 0 spiro atoms. The highest BCUT2D eigenvalue weighted by Crippen LogP contribution is 2.38. The van der Waals surface area contributed by atoms with E-state index in [2.05, 4.69) is 25.8 Å². The van der Waals surface area contributed by atoms with Crippen LogP contribution in [0.1, 0.15) is 42.0 Å². The van der Waals surface area contributed by atoms with Crippen molar-refractivity contribution in [2.24, 2.45) is 4.36 Å². The lowest BCUT2D eigenvalue weighted by Crippen LogP contribution is -2.34. The number of hydrogen-bond donors (Lipinski definition) is 3. The Balaban J connectivity index is 1.63. The number of nitrogens with zero attached hydrogens (tertiary/aromatic N) is 2. The third-order valence-corrected chi connectivity index (χ3v) is 7.28. The Morgan fingerprint density at radius 2 is 1.71 bits per heavy atom. The fourth-order valence-electron chi connectivity index (χ4n) is 4.37. The molecule has 8 nitrogen and oxygen atoms in total. The molecule has 0 radical (unpaired) electrons. The lowest BCUT2D eigenvalue weighted by atomic mass is 9.99. The van der Waals surface area contributed by atoms with Gasteiger partial charge in [0.2, 0.25) is 12.1 Å². The summed E-state index contributed by atoms with van der Waals surface area (Å²) in [5.41, 5.74) is 6.03. The average Bonchev–Trinajstić information content (AvgIpc) is 3.37. The van der Waals surface area contributed by atoms with Gasteiger partial charge in [0, 0.05) is 18.3 Å². The maximum absolute atomic E-state index is 13.4. The number of carbonyl (C=O) groups excluding carboxylic acids is 2. The molecule has 0 fully saturated rings. The van der Waals surface area contributed by atoms with E-state index in [1.165, 1.54) is 36.4 Å². The zero-order valence-corrected chi connectivity index (χ0v) is 18.0. The largest absolute Gasteiger partial charge is 0.331 e. The van der Waals surface area contributed by atoms with Crippen LogP contribution in [0.3, 0.4) is 0 Å². The smallest absolute Gasteiger partial charge is 0.326 e. The number of rotatable bonds is 4. The van der Waals surface area contributed by atoms with Crippen molar-refractivity contribution in [3.05, 3.63) is 52.6 Å². The summed E-state index contributed by atoms with van der Waals surface area (Å²) in [7, 11) is -3.57. The van der Waals surface area contributed by atoms with E-state index in [0.29, 0.717) is 5.69 Å². The van der Waals surface area contributed by atoms with Crippen LogP contribution in [0.15, 0.2) is 39.6 Å². The van der Waals surface area contributed by atoms with Gasteiger partial charge in [-0.2, -0.15) is 5.26 Å². The molecule has 2 aromatic rings. The maximum atomic E-state index is 13.4. The van der Waals surface area contributed by atoms with Gasteiger partial charge in [0.05, 0.1) is 4.90 Å². The number of aryl methyl sites for hydroxylation is 2. The second-order valence-corrected chi connectivity index (χ2v) is 9.63. The van der Waals surface area contributed by atoms with Gasteiger partial charge < -0.3 is 10.6 Å². The monoisotopic (exact) mass is 437 g/mol. The second kappa shape index (κ2) is 8.40. The molecule has 0 saturated heterocycles. The summed E-state index contributed by atoms with van der Waals surface area (Å²) in [6, 6.07) is 7.70. The summed E-state index contributed by atoms with van der Waals surface area (Å²) in [6.45, 7) is 1.35. The van der Waals surface area contributed by atoms with Gasteiger partial charge in [0.25, 0.3) is 0 Å². The molecular formula is C22H23N5O3S. The highest BCUT2D eigenvalue weighted by atomic mass is 32.2. The molecule has 2 aliphatic carbocycles. The summed E-state index contributed by atoms with van der Waals surface area (Å²) in [4.78, 5) is 24.4. The molecule has 2 aliphatic rings. The zero-order valence-electron chi connectivity index (χ0n) is 17.2. The maximum Gasteiger partial charge on any atom is 0.331 e. The van der Waals surface area contributed by atoms with Gasteiger partial charge in [0.15, 0.2) is 9.92 Å². The Bertz CT molecular complexity index is 1210. The Morgan fingerprint density at radius 3 is 2.32 bits per heavy atom. The van der Waals surface area contributed by atoms with Crippen molar-refractivity contribution in [1.29, 1.82) is 5.26 Å². The van der Waals surface area contributed by atoms with Crippen molar-refractivity contribution in [2.45, 2.75) is 50.3 Å². The first-order valence-corrected chi connectivity index (χ1v) is 11.7. The third-order valence-electron chi connectivity index (χ3n) is 5.59. The van der Waals surface area contributed by atoms with Crippen LogP contribution >= 0.6 is 0 Å². The highest BCUT2D eigenvalue weighted by molar-refractivity contribution is 7.92. The van der Waals surface area contributed by atoms with Crippen LogP contribution in [0.25, 0.3) is 0 Å². The predicted molar refractivity (Wildman–Crippen MR) is 118 cm³/mol. The van der Waals surface area contributed by atoms with Crippen molar-refractivity contribution < 1.29 is 13.8 Å². The molecule has 0 heterocycles. The number of fused-ring (bicyclic) bond motifs is 2. The second-order valence-electron chi connectivity index (χ2n) is 7.72. The first-order chi connectivity index (χ1) is 14.9. The van der Waals surface area contributed by atoms with E-state index in [-0.39, 0.29) is 10.8 Å². The van der Waals surface area contributed by atoms with Crippen LogP contribution < -0.4 is 15.4 Å². The number of benzene rings is 2. The van der Waals surface area contributed by atoms with Crippen molar-refractivity contribution in [3.8, 4) is 6.19 Å². The normalized spacial score (nSPS) is 15.7. The van der Waals surface area contributed by atoms with Crippen LogP contribution in [0.2, 0.25) is 0 Å². The SMILES string of the molecule is CC(=O)Nc1cccc(S(=O)(=NC#N)NC(=O)Nc2c3c(cc4c2CCC4)CCC3)c1. The van der Waals surface area contributed by atoms with Gasteiger partial charge in [-0.1, -0.05) is 16.5 Å². The molecule has 0 aliphatic heterocycles. The van der Waals surface area contributed by atoms with Crippen molar-refractivity contribution in [3.63, 3.8) is 0 Å². The quantitative estimate of drug-likeness (QED) is 0.631. The van der Waals surface area contributed by atoms with E-state index in [1.54, 1.807) is 12.1 Å². The molecule has 31 heavy (non-hydrogen) atoms. The van der Waals surface area contributed by atoms with Crippen LogP contribution in [-0.4, -0.2) is 16.1 Å². The van der Waals surface area contributed by atoms with Gasteiger partial charge in [0.1, 0.15) is 0 Å². The molecule has 0 aromatic heterocycles. The van der Waals surface area contributed by atoms with E-state index in [9.17, 15) is 13.8 Å². The van der Waals surface area contributed by atoms with Crippen LogP contribution in [0.5, 0.6) is 0 Å². The molecule has 160 valence electrons. The molecule has 0 saturated carbocycles. The van der Waals surface area contributed by atoms with Gasteiger partial charge in [-0.15, -0.1) is 0 Å². The van der Waals surface area contributed by atoms with Crippen molar-refractivity contribution in [1.82, 2.24) is 4.72 Å². The molecule has 4 rings (SSSR count). The average molecular weight is 438 g/mol. The molecule has 1 unspecified atom stereocenters. The molecule has 0 bridgehead atoms. The lowest BCUT2D eigenvalue weighted by Gasteiger charge is -2.17. The predicted octanol–water partition coefficient (Wildman–Crippen LogP) is 3.67. The van der Waals surface area contributed by atoms with Gasteiger partial charge in [-0.05, 0) is 79.0 Å². The minimum atomic E-state index is -3.57. The Morgan fingerprint density at radius 1 is 1.03 bits per heavy atom. The Kier molecular flexibility index (Phi) is 5.65. The molecule has 2 aromatic carbocycles. The van der Waals surface area contributed by atoms with E-state index in [1.807, 2.05) is 0 Å². The highest BCUT2D eigenvalue weighted by Gasteiger charge is 2.26. The number of urea groups is 1. The first-order valence-electron chi connectivity index (χ1n) is 10.2. The van der Waals surface area contributed by atoms with E-state index >= 15 is 0 Å². The lowest BCUT2D eigenvalue weighted by molar-refractivity contribution is -0.114. The molecular weight excluding hydrogens is 414 g/mol. The van der Waals surface area contributed by atoms with Crippen LogP contribution in [-0.2, 0) is 40.4 Å². The van der Waals surface area contributed by atoms with E-state index in [0.717, 1.165) is 55.3 Å². The number of amides is 3. The zero-order chi connectivity index (χ0) is 22.0. The number of nitriles is 1. The van der Waals surface area contributed by atoms with Crippen molar-refractivity contribution >= 4 is 33.2 Å². The van der Waals surface area contributed by atoms with Crippen LogP contribution in [0.4, 0.5) is 16.2 Å². The summed E-state index contributed by atoms with van der Waals surface area (Å²) >= 11 is 0. The standard InChI is InChI=1S/C22H23N5O3S/c1-14(28)25-17-7-4-8-18(12-17)31(30,24-13-23)27-22(29)26-21-19-9-2-5-15(19)11-16-6-3-10-20(16)21/h4,7-8,11-12H,2-3,5-6,9-10H2,1H3,(H,25,28)(H2,24,26,27,29,30). The van der Waals surface area contributed by atoms with Crippen LogP contribution in [0, 0.1) is 11.5 Å². The summed E-state index contributed by atoms with van der Waals surface area (Å²) < 4.78 is 19.3. The minimum Gasteiger partial charge on any atom is -0.326 e. The summed E-state index contributed by atoms with van der Waals surface area (Å²) in [6.07, 6.45) is 7.42. The molecule has 3 amide bonds. The summed E-state index contributed by atoms with van der Waals surface area (Å²) in [5.74, 6) is -0.293. The fourth-order valence-corrected chi connectivity index (χ4v) is 5.61. The third kappa shape index (κ3) is 4.25. The Labute approximate surface area is 181 Å². The molecule has 9 heteroatoms. The number of carbonyl (C=O) groups is 2. The number of nitrogens with one attached hydrogen (secondary N) is 3. The first kappa shape index (κ1) is 20.9. The van der Waals surface area contributed by atoms with Gasteiger partial charge in [-0.25, -0.2) is 13.7 Å². The number of anilines is 2. The van der Waals surface area contributed by atoms with Gasteiger partial charge >= 0.3 is 6.03 Å².